The number of piperidine rings is 1. The first-order valence-corrected chi connectivity index (χ1v) is 7.66. The second-order valence-corrected chi connectivity index (χ2v) is 5.84. The van der Waals surface area contributed by atoms with Gasteiger partial charge in [-0.3, -0.25) is 4.90 Å². The summed E-state index contributed by atoms with van der Waals surface area (Å²) in [6.45, 7) is 4.72. The maximum absolute atomic E-state index is 6.04. The summed E-state index contributed by atoms with van der Waals surface area (Å²) in [5.41, 5.74) is 5.68. The molecule has 0 amide bonds. The monoisotopic (exact) mass is 276 g/mol. The molecule has 0 saturated carbocycles. The molecule has 1 aromatic carbocycles. The van der Waals surface area contributed by atoms with Gasteiger partial charge in [0, 0.05) is 13.1 Å². The lowest BCUT2D eigenvalue weighted by atomic mass is 9.94. The molecule has 1 fully saturated rings. The van der Waals surface area contributed by atoms with Gasteiger partial charge in [0.1, 0.15) is 12.7 Å². The summed E-state index contributed by atoms with van der Waals surface area (Å²) < 4.78 is 11.8. The van der Waals surface area contributed by atoms with Crippen LogP contribution in [0.15, 0.2) is 24.3 Å². The van der Waals surface area contributed by atoms with Crippen molar-refractivity contribution in [2.75, 3.05) is 32.8 Å². The summed E-state index contributed by atoms with van der Waals surface area (Å²) in [7, 11) is 0. The van der Waals surface area contributed by atoms with Crippen molar-refractivity contribution >= 4 is 0 Å². The minimum absolute atomic E-state index is 0.140. The topological polar surface area (TPSA) is 47.7 Å². The van der Waals surface area contributed by atoms with Crippen LogP contribution in [0.1, 0.15) is 19.3 Å². The fourth-order valence-corrected chi connectivity index (χ4v) is 3.23. The average molecular weight is 276 g/mol. The summed E-state index contributed by atoms with van der Waals surface area (Å²) in [4.78, 5) is 2.51. The maximum Gasteiger partial charge on any atom is 0.161 e. The standard InChI is InChI=1S/C16H24N2O2/c17-8-7-13-4-3-9-18(10-13)11-14-12-19-15-5-1-2-6-16(15)20-14/h1-2,5-6,13-14H,3-4,7-12,17H2. The van der Waals surface area contributed by atoms with E-state index >= 15 is 0 Å². The number of benzene rings is 1. The third-order valence-corrected chi connectivity index (χ3v) is 4.21. The van der Waals surface area contributed by atoms with Crippen LogP contribution < -0.4 is 15.2 Å². The van der Waals surface area contributed by atoms with Gasteiger partial charge < -0.3 is 15.2 Å². The van der Waals surface area contributed by atoms with E-state index in [9.17, 15) is 0 Å². The molecule has 0 radical (unpaired) electrons. The number of nitrogens with two attached hydrogens (primary N) is 1. The molecule has 4 heteroatoms. The van der Waals surface area contributed by atoms with Crippen LogP contribution in [0.2, 0.25) is 0 Å². The number of fused-ring (bicyclic) bond motifs is 1. The van der Waals surface area contributed by atoms with E-state index < -0.39 is 0 Å². The minimum atomic E-state index is 0.140. The Balaban J connectivity index is 1.54. The van der Waals surface area contributed by atoms with Crippen LogP contribution in [0, 0.1) is 5.92 Å². The Morgan fingerprint density at radius 2 is 2.10 bits per heavy atom. The van der Waals surface area contributed by atoms with Gasteiger partial charge in [-0.05, 0) is 50.4 Å². The van der Waals surface area contributed by atoms with Crippen LogP contribution in [0.25, 0.3) is 0 Å². The molecular formula is C16H24N2O2. The molecule has 2 N–H and O–H groups in total. The zero-order valence-corrected chi connectivity index (χ0v) is 12.0. The van der Waals surface area contributed by atoms with Crippen molar-refractivity contribution in [3.8, 4) is 11.5 Å². The SMILES string of the molecule is NCCC1CCCN(CC2COc3ccccc3O2)C1. The number of likely N-dealkylation sites (tertiary alicyclic amines) is 1. The quantitative estimate of drug-likeness (QED) is 0.912. The lowest BCUT2D eigenvalue weighted by molar-refractivity contribution is 0.0445. The Bertz CT molecular complexity index is 436. The summed E-state index contributed by atoms with van der Waals surface area (Å²) in [6.07, 6.45) is 3.87. The highest BCUT2D eigenvalue weighted by Gasteiger charge is 2.26. The third-order valence-electron chi connectivity index (χ3n) is 4.21. The van der Waals surface area contributed by atoms with Crippen molar-refractivity contribution in [1.29, 1.82) is 0 Å². The van der Waals surface area contributed by atoms with Crippen molar-refractivity contribution in [3.05, 3.63) is 24.3 Å². The molecule has 1 aromatic rings. The van der Waals surface area contributed by atoms with Gasteiger partial charge >= 0.3 is 0 Å². The summed E-state index contributed by atoms with van der Waals surface area (Å²) in [5.74, 6) is 2.49. The molecule has 3 rings (SSSR count). The molecule has 0 aromatic heterocycles. The van der Waals surface area contributed by atoms with Gasteiger partial charge in [0.05, 0.1) is 0 Å². The molecule has 0 bridgehead atoms. The van der Waals surface area contributed by atoms with Crippen LogP contribution in [-0.4, -0.2) is 43.8 Å². The van der Waals surface area contributed by atoms with Crippen molar-refractivity contribution in [3.63, 3.8) is 0 Å². The molecule has 2 heterocycles. The van der Waals surface area contributed by atoms with E-state index in [4.69, 9.17) is 15.2 Å². The zero-order chi connectivity index (χ0) is 13.8. The predicted molar refractivity (Wildman–Crippen MR) is 79.2 cm³/mol. The first kappa shape index (κ1) is 13.7. The van der Waals surface area contributed by atoms with E-state index in [1.807, 2.05) is 24.3 Å². The summed E-state index contributed by atoms with van der Waals surface area (Å²) >= 11 is 0. The van der Waals surface area contributed by atoms with Crippen LogP contribution >= 0.6 is 0 Å². The van der Waals surface area contributed by atoms with Crippen molar-refractivity contribution in [2.45, 2.75) is 25.4 Å². The fourth-order valence-electron chi connectivity index (χ4n) is 3.23. The zero-order valence-electron chi connectivity index (χ0n) is 12.0. The second-order valence-electron chi connectivity index (χ2n) is 5.84. The number of rotatable bonds is 4. The minimum Gasteiger partial charge on any atom is -0.486 e. The number of ether oxygens (including phenoxy) is 2. The molecule has 2 aliphatic heterocycles. The van der Waals surface area contributed by atoms with E-state index in [-0.39, 0.29) is 6.10 Å². The average Bonchev–Trinajstić information content (AvgIpc) is 2.48. The Hall–Kier alpha value is -1.26. The number of hydrogen-bond acceptors (Lipinski definition) is 4. The Kier molecular flexibility index (Phi) is 4.43. The largest absolute Gasteiger partial charge is 0.486 e. The Morgan fingerprint density at radius 1 is 1.25 bits per heavy atom. The molecular weight excluding hydrogens is 252 g/mol. The van der Waals surface area contributed by atoms with E-state index in [2.05, 4.69) is 4.90 Å². The molecule has 2 unspecified atom stereocenters. The van der Waals surface area contributed by atoms with E-state index in [1.165, 1.54) is 19.4 Å². The smallest absolute Gasteiger partial charge is 0.161 e. The van der Waals surface area contributed by atoms with Gasteiger partial charge in [-0.25, -0.2) is 0 Å². The van der Waals surface area contributed by atoms with Crippen molar-refractivity contribution < 1.29 is 9.47 Å². The number of nitrogens with zero attached hydrogens (tertiary/aromatic N) is 1. The normalized spacial score (nSPS) is 26.4. The van der Waals surface area contributed by atoms with Crippen LogP contribution in [0.5, 0.6) is 11.5 Å². The highest BCUT2D eigenvalue weighted by Crippen LogP contribution is 2.31. The number of hydrogen-bond donors (Lipinski definition) is 1. The molecule has 2 atom stereocenters. The van der Waals surface area contributed by atoms with Crippen molar-refractivity contribution in [2.24, 2.45) is 11.7 Å². The first-order chi connectivity index (χ1) is 9.85. The van der Waals surface area contributed by atoms with Gasteiger partial charge in [0.2, 0.25) is 0 Å². The second kappa shape index (κ2) is 6.46. The van der Waals surface area contributed by atoms with Crippen molar-refractivity contribution in [1.82, 2.24) is 4.90 Å². The van der Waals surface area contributed by atoms with Gasteiger partial charge in [-0.15, -0.1) is 0 Å². The van der Waals surface area contributed by atoms with E-state index in [1.54, 1.807) is 0 Å². The molecule has 2 aliphatic rings. The van der Waals surface area contributed by atoms with Gasteiger partial charge in [-0.1, -0.05) is 12.1 Å². The number of para-hydroxylation sites is 2. The fraction of sp³-hybridized carbons (Fsp3) is 0.625. The summed E-state index contributed by atoms with van der Waals surface area (Å²) in [6, 6.07) is 7.91. The van der Waals surface area contributed by atoms with Gasteiger partial charge in [0.25, 0.3) is 0 Å². The van der Waals surface area contributed by atoms with Crippen LogP contribution in [0.3, 0.4) is 0 Å². The van der Waals surface area contributed by atoms with Crippen LogP contribution in [0.4, 0.5) is 0 Å². The van der Waals surface area contributed by atoms with Gasteiger partial charge in [-0.2, -0.15) is 0 Å². The third kappa shape index (κ3) is 3.25. The molecule has 4 nitrogen and oxygen atoms in total. The predicted octanol–water partition coefficient (Wildman–Crippen LogP) is 1.89. The molecule has 20 heavy (non-hydrogen) atoms. The highest BCUT2D eigenvalue weighted by atomic mass is 16.6. The molecule has 0 spiro atoms. The molecule has 110 valence electrons. The summed E-state index contributed by atoms with van der Waals surface area (Å²) in [5, 5.41) is 0. The van der Waals surface area contributed by atoms with Crippen LogP contribution in [-0.2, 0) is 0 Å². The lowest BCUT2D eigenvalue weighted by Crippen LogP contribution is -2.45. The first-order valence-electron chi connectivity index (χ1n) is 7.66. The van der Waals surface area contributed by atoms with E-state index in [0.29, 0.717) is 6.61 Å². The lowest BCUT2D eigenvalue weighted by Gasteiger charge is -2.36. The Morgan fingerprint density at radius 3 is 2.95 bits per heavy atom. The Labute approximate surface area is 120 Å². The maximum atomic E-state index is 6.04. The van der Waals surface area contributed by atoms with E-state index in [0.717, 1.165) is 43.5 Å². The van der Waals surface area contributed by atoms with Gasteiger partial charge in [0.15, 0.2) is 11.5 Å². The molecule has 1 saturated heterocycles. The highest BCUT2D eigenvalue weighted by molar-refractivity contribution is 5.40. The molecule has 0 aliphatic carbocycles.